The van der Waals surface area contributed by atoms with E-state index in [0.29, 0.717) is 17.5 Å². The lowest BCUT2D eigenvalue weighted by molar-refractivity contribution is -0.114. The minimum atomic E-state index is -0.529. The Morgan fingerprint density at radius 3 is 2.24 bits per heavy atom. The molecule has 1 heterocycles. The second-order valence-electron chi connectivity index (χ2n) is 5.15. The van der Waals surface area contributed by atoms with Gasteiger partial charge in [-0.25, -0.2) is 9.97 Å². The highest BCUT2D eigenvalue weighted by Crippen LogP contribution is 2.22. The van der Waals surface area contributed by atoms with Crippen molar-refractivity contribution in [3.63, 3.8) is 0 Å². The van der Waals surface area contributed by atoms with Crippen LogP contribution in [0.2, 0.25) is 0 Å². The van der Waals surface area contributed by atoms with Crippen LogP contribution < -0.4 is 10.6 Å². The normalized spacial score (nSPS) is 10.1. The van der Waals surface area contributed by atoms with E-state index in [2.05, 4.69) is 25.8 Å². The van der Waals surface area contributed by atoms with Crippen LogP contribution in [0.25, 0.3) is 11.4 Å². The summed E-state index contributed by atoms with van der Waals surface area (Å²) < 4.78 is 0. The van der Waals surface area contributed by atoms with Crippen LogP contribution in [0.1, 0.15) is 0 Å². The molecule has 3 rings (SSSR count). The number of amides is 1. The van der Waals surface area contributed by atoms with Gasteiger partial charge in [0.1, 0.15) is 11.6 Å². The van der Waals surface area contributed by atoms with E-state index < -0.39 is 12.5 Å². The average molecular weight is 333 g/mol. The number of nitroso groups, excluding NO2 is 1. The molecule has 0 saturated carbocycles. The molecule has 0 bridgehead atoms. The zero-order chi connectivity index (χ0) is 17.5. The molecule has 2 N–H and O–H groups in total. The predicted molar refractivity (Wildman–Crippen MR) is 96.5 cm³/mol. The Hall–Kier alpha value is -3.61. The van der Waals surface area contributed by atoms with E-state index in [0.717, 1.165) is 11.3 Å². The summed E-state index contributed by atoms with van der Waals surface area (Å²) in [5, 5.41) is 8.31. The van der Waals surface area contributed by atoms with E-state index in [4.69, 9.17) is 0 Å². The summed E-state index contributed by atoms with van der Waals surface area (Å²) in [6, 6.07) is 20.5. The van der Waals surface area contributed by atoms with Gasteiger partial charge in [-0.3, -0.25) is 4.79 Å². The van der Waals surface area contributed by atoms with E-state index in [1.54, 1.807) is 6.07 Å². The Bertz CT molecular complexity index is 869. The van der Waals surface area contributed by atoms with E-state index in [1.807, 2.05) is 60.7 Å². The van der Waals surface area contributed by atoms with E-state index in [1.165, 1.54) is 0 Å². The molecule has 3 aromatic rings. The molecule has 7 heteroatoms. The van der Waals surface area contributed by atoms with Gasteiger partial charge < -0.3 is 10.6 Å². The first kappa shape index (κ1) is 16.3. The monoisotopic (exact) mass is 333 g/mol. The van der Waals surface area contributed by atoms with Gasteiger partial charge in [0, 0.05) is 17.3 Å². The summed E-state index contributed by atoms with van der Waals surface area (Å²) in [5.41, 5.74) is 1.66. The molecular weight excluding hydrogens is 318 g/mol. The number of hydrogen-bond acceptors (Lipinski definition) is 6. The van der Waals surface area contributed by atoms with Crippen LogP contribution in [-0.2, 0) is 4.79 Å². The van der Waals surface area contributed by atoms with Gasteiger partial charge in [-0.15, -0.1) is 0 Å². The van der Waals surface area contributed by atoms with Gasteiger partial charge in [-0.05, 0) is 12.1 Å². The van der Waals surface area contributed by atoms with E-state index >= 15 is 0 Å². The fourth-order valence-electron chi connectivity index (χ4n) is 2.20. The van der Waals surface area contributed by atoms with Crippen molar-refractivity contribution in [2.24, 2.45) is 5.18 Å². The molecule has 0 aliphatic rings. The first-order valence-electron chi connectivity index (χ1n) is 7.60. The molecule has 25 heavy (non-hydrogen) atoms. The fraction of sp³-hybridized carbons (Fsp3) is 0.0556. The van der Waals surface area contributed by atoms with Crippen molar-refractivity contribution in [3.05, 3.63) is 71.6 Å². The third kappa shape index (κ3) is 4.44. The van der Waals surface area contributed by atoms with Gasteiger partial charge in [0.15, 0.2) is 12.4 Å². The molecule has 1 aromatic heterocycles. The smallest absolute Gasteiger partial charge is 0.250 e. The van der Waals surface area contributed by atoms with Gasteiger partial charge in [-0.2, -0.15) is 4.91 Å². The second kappa shape index (κ2) is 7.78. The zero-order valence-electron chi connectivity index (χ0n) is 13.2. The van der Waals surface area contributed by atoms with E-state index in [9.17, 15) is 9.70 Å². The minimum Gasteiger partial charge on any atom is -0.340 e. The van der Waals surface area contributed by atoms with Crippen molar-refractivity contribution in [3.8, 4) is 11.4 Å². The first-order chi connectivity index (χ1) is 12.2. The van der Waals surface area contributed by atoms with Crippen molar-refractivity contribution in [1.82, 2.24) is 9.97 Å². The SMILES string of the molecule is O=NCC(=O)Nc1cc(Nc2ccccc2)nc(-c2ccccc2)n1. The predicted octanol–water partition coefficient (Wildman–Crippen LogP) is 3.59. The maximum Gasteiger partial charge on any atom is 0.250 e. The third-order valence-corrected chi connectivity index (χ3v) is 3.28. The molecule has 0 saturated heterocycles. The summed E-state index contributed by atoms with van der Waals surface area (Å²) in [6.07, 6.45) is 0. The Morgan fingerprint density at radius 1 is 0.920 bits per heavy atom. The number of benzene rings is 2. The molecule has 0 atom stereocenters. The van der Waals surface area contributed by atoms with Crippen LogP contribution in [-0.4, -0.2) is 22.4 Å². The molecule has 124 valence electrons. The molecule has 0 aliphatic carbocycles. The topological polar surface area (TPSA) is 96.3 Å². The number of para-hydroxylation sites is 1. The van der Waals surface area contributed by atoms with Crippen molar-refractivity contribution in [2.45, 2.75) is 0 Å². The molecule has 1 amide bonds. The fourth-order valence-corrected chi connectivity index (χ4v) is 2.20. The molecule has 0 fully saturated rings. The lowest BCUT2D eigenvalue weighted by atomic mass is 10.2. The highest BCUT2D eigenvalue weighted by molar-refractivity contribution is 5.92. The zero-order valence-corrected chi connectivity index (χ0v) is 13.2. The van der Waals surface area contributed by atoms with Crippen molar-refractivity contribution < 1.29 is 4.79 Å². The minimum absolute atomic E-state index is 0.293. The molecule has 0 radical (unpaired) electrons. The van der Waals surface area contributed by atoms with Crippen LogP contribution in [0.15, 0.2) is 71.9 Å². The molecule has 2 aromatic carbocycles. The number of carbonyl (C=O) groups excluding carboxylic acids is 1. The number of anilines is 3. The molecule has 7 nitrogen and oxygen atoms in total. The molecule has 0 unspecified atom stereocenters. The summed E-state index contributed by atoms with van der Waals surface area (Å²) in [7, 11) is 0. The summed E-state index contributed by atoms with van der Waals surface area (Å²) in [4.78, 5) is 30.7. The number of carbonyl (C=O) groups is 1. The molecule has 0 aliphatic heterocycles. The Labute approximate surface area is 144 Å². The summed E-state index contributed by atoms with van der Waals surface area (Å²) >= 11 is 0. The third-order valence-electron chi connectivity index (χ3n) is 3.28. The number of rotatable bonds is 6. The van der Waals surface area contributed by atoms with Gasteiger partial charge in [-0.1, -0.05) is 53.7 Å². The maximum absolute atomic E-state index is 11.6. The quantitative estimate of drug-likeness (QED) is 0.672. The molecule has 0 spiro atoms. The number of aromatic nitrogens is 2. The van der Waals surface area contributed by atoms with Gasteiger partial charge in [0.2, 0.25) is 0 Å². The Morgan fingerprint density at radius 2 is 1.56 bits per heavy atom. The lowest BCUT2D eigenvalue weighted by Gasteiger charge is -2.10. The number of hydrogen-bond donors (Lipinski definition) is 2. The van der Waals surface area contributed by atoms with Crippen LogP contribution >= 0.6 is 0 Å². The largest absolute Gasteiger partial charge is 0.340 e. The summed E-state index contributed by atoms with van der Waals surface area (Å²) in [6.45, 7) is -0.466. The number of nitrogens with zero attached hydrogens (tertiary/aromatic N) is 3. The van der Waals surface area contributed by atoms with Gasteiger partial charge in [0.25, 0.3) is 5.91 Å². The lowest BCUT2D eigenvalue weighted by Crippen LogP contribution is -2.16. The maximum atomic E-state index is 11.6. The van der Waals surface area contributed by atoms with Gasteiger partial charge in [0.05, 0.1) is 0 Å². The summed E-state index contributed by atoms with van der Waals surface area (Å²) in [5.74, 6) is 0.740. The van der Waals surface area contributed by atoms with Gasteiger partial charge >= 0.3 is 0 Å². The van der Waals surface area contributed by atoms with Crippen LogP contribution in [0.3, 0.4) is 0 Å². The first-order valence-corrected chi connectivity index (χ1v) is 7.60. The molecular formula is C18H15N5O2. The van der Waals surface area contributed by atoms with Crippen LogP contribution in [0, 0.1) is 4.91 Å². The van der Waals surface area contributed by atoms with Crippen molar-refractivity contribution in [2.75, 3.05) is 17.2 Å². The Balaban J connectivity index is 1.95. The van der Waals surface area contributed by atoms with Crippen molar-refractivity contribution >= 4 is 23.2 Å². The van der Waals surface area contributed by atoms with E-state index in [-0.39, 0.29) is 0 Å². The Kier molecular flexibility index (Phi) is 5.06. The highest BCUT2D eigenvalue weighted by Gasteiger charge is 2.10. The van der Waals surface area contributed by atoms with Crippen LogP contribution in [0.4, 0.5) is 17.3 Å². The number of nitrogens with one attached hydrogen (secondary N) is 2. The average Bonchev–Trinajstić information content (AvgIpc) is 2.63. The van der Waals surface area contributed by atoms with Crippen LogP contribution in [0.5, 0.6) is 0 Å². The van der Waals surface area contributed by atoms with Crippen molar-refractivity contribution in [1.29, 1.82) is 0 Å². The standard InChI is InChI=1S/C18H15N5O2/c24-17(12-19-25)21-16-11-15(20-14-9-5-2-6-10-14)22-18(23-16)13-7-3-1-4-8-13/h1-11H,12H2,(H2,20,21,22,23,24). The second-order valence-corrected chi connectivity index (χ2v) is 5.15. The highest BCUT2D eigenvalue weighted by atomic mass is 16.3.